The molecule has 0 unspecified atom stereocenters. The van der Waals surface area contributed by atoms with E-state index < -0.39 is 10.0 Å². The van der Waals surface area contributed by atoms with E-state index in [1.165, 1.54) is 15.6 Å². The minimum absolute atomic E-state index is 0.118. The number of hydrogen-bond acceptors (Lipinski definition) is 7. The quantitative estimate of drug-likeness (QED) is 0.545. The third kappa shape index (κ3) is 4.73. The molecule has 3 heterocycles. The molecule has 1 fully saturated rings. The second-order valence-corrected chi connectivity index (χ2v) is 11.5. The second kappa shape index (κ2) is 9.36. The summed E-state index contributed by atoms with van der Waals surface area (Å²) in [6.45, 7) is 7.98. The van der Waals surface area contributed by atoms with Crippen LogP contribution in [0.3, 0.4) is 0 Å². The van der Waals surface area contributed by atoms with Crippen LogP contribution in [0.2, 0.25) is 0 Å². The Morgan fingerprint density at radius 3 is 2.42 bits per heavy atom. The van der Waals surface area contributed by atoms with Crippen molar-refractivity contribution in [2.45, 2.75) is 51.3 Å². The molecule has 33 heavy (non-hydrogen) atoms. The van der Waals surface area contributed by atoms with Crippen molar-refractivity contribution < 1.29 is 17.7 Å². The highest BCUT2D eigenvalue weighted by molar-refractivity contribution is 7.89. The number of aryl methyl sites for hydroxylation is 2. The summed E-state index contributed by atoms with van der Waals surface area (Å²) < 4.78 is 32.5. The van der Waals surface area contributed by atoms with Crippen LogP contribution in [0.1, 0.15) is 48.9 Å². The molecule has 3 aromatic rings. The maximum atomic E-state index is 13.0. The summed E-state index contributed by atoms with van der Waals surface area (Å²) >= 11 is 1.49. The first-order chi connectivity index (χ1) is 15.7. The van der Waals surface area contributed by atoms with Crippen molar-refractivity contribution in [3.63, 3.8) is 0 Å². The number of hydrogen-bond donors (Lipinski definition) is 1. The fourth-order valence-electron chi connectivity index (χ4n) is 4.12. The molecule has 10 heteroatoms. The average molecular weight is 489 g/mol. The number of sulfonamides is 1. The van der Waals surface area contributed by atoms with Crippen molar-refractivity contribution in [2.24, 2.45) is 5.92 Å². The molecule has 176 valence electrons. The largest absolute Gasteiger partial charge is 0.360 e. The third-order valence-corrected chi connectivity index (χ3v) is 9.26. The van der Waals surface area contributed by atoms with Gasteiger partial charge in [0.1, 0.15) is 10.6 Å². The predicted octanol–water partition coefficient (Wildman–Crippen LogP) is 4.58. The topological polar surface area (TPSA) is 105 Å². The number of rotatable bonds is 6. The van der Waals surface area contributed by atoms with E-state index in [1.54, 1.807) is 13.8 Å². The number of nitrogens with one attached hydrogen (secondary N) is 1. The number of amides is 1. The molecule has 8 nitrogen and oxygen atoms in total. The Hall–Kier alpha value is -2.56. The molecule has 0 aliphatic carbocycles. The Labute approximate surface area is 198 Å². The smallest absolute Gasteiger partial charge is 0.248 e. The summed E-state index contributed by atoms with van der Waals surface area (Å²) in [5.41, 5.74) is 2.27. The summed E-state index contributed by atoms with van der Waals surface area (Å²) in [4.78, 5) is 18.9. The van der Waals surface area contributed by atoms with Crippen LogP contribution in [0.15, 0.2) is 39.8 Å². The number of thiazole rings is 1. The van der Waals surface area contributed by atoms with Crippen molar-refractivity contribution in [2.75, 3.05) is 18.4 Å². The molecule has 1 saturated heterocycles. The Kier molecular flexibility index (Phi) is 6.69. The van der Waals surface area contributed by atoms with E-state index in [2.05, 4.69) is 24.3 Å². The van der Waals surface area contributed by atoms with Gasteiger partial charge in [0, 0.05) is 29.4 Å². The number of piperidine rings is 1. The van der Waals surface area contributed by atoms with E-state index in [4.69, 9.17) is 9.51 Å². The van der Waals surface area contributed by atoms with E-state index in [-0.39, 0.29) is 41.5 Å². The van der Waals surface area contributed by atoms with E-state index in [0.717, 1.165) is 16.1 Å². The average Bonchev–Trinajstić information content (AvgIpc) is 3.37. The first-order valence-electron chi connectivity index (χ1n) is 11.0. The van der Waals surface area contributed by atoms with Gasteiger partial charge in [-0.15, -0.1) is 11.3 Å². The summed E-state index contributed by atoms with van der Waals surface area (Å²) in [6, 6.07) is 9.94. The van der Waals surface area contributed by atoms with Gasteiger partial charge in [0.15, 0.2) is 10.9 Å². The molecule has 1 aromatic carbocycles. The SMILES string of the molecule is Cc1noc(C)c1S(=O)(=O)N1CCC(C(=O)Nc2nc(-c3ccccc3)c(C(C)C)s2)CC1. The Balaban J connectivity index is 1.44. The molecule has 0 radical (unpaired) electrons. The van der Waals surface area contributed by atoms with E-state index in [0.29, 0.717) is 23.7 Å². The zero-order valence-corrected chi connectivity index (χ0v) is 20.8. The summed E-state index contributed by atoms with van der Waals surface area (Å²) in [5, 5.41) is 7.31. The highest BCUT2D eigenvalue weighted by atomic mass is 32.2. The van der Waals surface area contributed by atoms with Crippen LogP contribution in [0, 0.1) is 19.8 Å². The van der Waals surface area contributed by atoms with Crippen molar-refractivity contribution >= 4 is 32.4 Å². The number of nitrogens with zero attached hydrogens (tertiary/aromatic N) is 3. The molecule has 1 N–H and O–H groups in total. The molecule has 1 aliphatic heterocycles. The van der Waals surface area contributed by atoms with Crippen LogP contribution in [-0.4, -0.2) is 41.9 Å². The fraction of sp³-hybridized carbons (Fsp3) is 0.435. The van der Waals surface area contributed by atoms with Gasteiger partial charge in [0.2, 0.25) is 15.9 Å². The second-order valence-electron chi connectivity index (χ2n) is 8.57. The first kappa shape index (κ1) is 23.6. The Morgan fingerprint density at radius 1 is 1.18 bits per heavy atom. The number of benzene rings is 1. The lowest BCUT2D eigenvalue weighted by atomic mass is 9.97. The Morgan fingerprint density at radius 2 is 1.85 bits per heavy atom. The lowest BCUT2D eigenvalue weighted by Gasteiger charge is -2.30. The van der Waals surface area contributed by atoms with Crippen molar-refractivity contribution in [1.29, 1.82) is 0 Å². The molecule has 0 saturated carbocycles. The zero-order valence-electron chi connectivity index (χ0n) is 19.2. The molecule has 2 aromatic heterocycles. The van der Waals surface area contributed by atoms with Crippen LogP contribution >= 0.6 is 11.3 Å². The maximum Gasteiger partial charge on any atom is 0.248 e. The van der Waals surface area contributed by atoms with Crippen LogP contribution in [0.25, 0.3) is 11.3 Å². The molecule has 0 atom stereocenters. The minimum atomic E-state index is -3.70. The number of anilines is 1. The molecule has 4 rings (SSSR count). The molecular weight excluding hydrogens is 460 g/mol. The van der Waals surface area contributed by atoms with Crippen LogP contribution < -0.4 is 5.32 Å². The van der Waals surface area contributed by atoms with Crippen molar-refractivity contribution in [3.05, 3.63) is 46.7 Å². The van der Waals surface area contributed by atoms with Gasteiger partial charge >= 0.3 is 0 Å². The standard InChI is InChI=1S/C23H28N4O4S2/c1-14(2)20-19(17-8-6-5-7-9-17)24-23(32-20)25-22(28)18-10-12-27(13-11-18)33(29,30)21-15(3)26-31-16(21)4/h5-9,14,18H,10-13H2,1-4H3,(H,24,25,28). The van der Waals surface area contributed by atoms with Gasteiger partial charge in [-0.05, 0) is 32.6 Å². The molecule has 0 bridgehead atoms. The summed E-state index contributed by atoms with van der Waals surface area (Å²) in [5.74, 6) is 0.174. The molecule has 1 amide bonds. The lowest BCUT2D eigenvalue weighted by Crippen LogP contribution is -2.41. The predicted molar refractivity (Wildman–Crippen MR) is 128 cm³/mol. The molecular formula is C23H28N4O4S2. The third-order valence-electron chi connectivity index (χ3n) is 5.85. The van der Waals surface area contributed by atoms with E-state index >= 15 is 0 Å². The first-order valence-corrected chi connectivity index (χ1v) is 13.2. The summed E-state index contributed by atoms with van der Waals surface area (Å²) in [6.07, 6.45) is 0.894. The van der Waals surface area contributed by atoms with E-state index in [1.807, 2.05) is 30.3 Å². The van der Waals surface area contributed by atoms with Gasteiger partial charge in [-0.3, -0.25) is 4.79 Å². The normalized spacial score (nSPS) is 15.8. The number of carbonyl (C=O) groups excluding carboxylic acids is 1. The molecule has 1 aliphatic rings. The van der Waals surface area contributed by atoms with Gasteiger partial charge in [-0.25, -0.2) is 13.4 Å². The lowest BCUT2D eigenvalue weighted by molar-refractivity contribution is -0.120. The van der Waals surface area contributed by atoms with Gasteiger partial charge in [-0.2, -0.15) is 4.31 Å². The summed E-state index contributed by atoms with van der Waals surface area (Å²) in [7, 11) is -3.70. The van der Waals surface area contributed by atoms with Gasteiger partial charge in [0.05, 0.1) is 5.69 Å². The number of carbonyl (C=O) groups is 1. The van der Waals surface area contributed by atoms with Crippen molar-refractivity contribution in [3.8, 4) is 11.3 Å². The van der Waals surface area contributed by atoms with Gasteiger partial charge in [0.25, 0.3) is 0 Å². The monoisotopic (exact) mass is 488 g/mol. The minimum Gasteiger partial charge on any atom is -0.360 e. The highest BCUT2D eigenvalue weighted by Crippen LogP contribution is 2.36. The van der Waals surface area contributed by atoms with Gasteiger partial charge < -0.3 is 9.84 Å². The van der Waals surface area contributed by atoms with Crippen LogP contribution in [0.4, 0.5) is 5.13 Å². The zero-order chi connectivity index (χ0) is 23.8. The van der Waals surface area contributed by atoms with Gasteiger partial charge in [-0.1, -0.05) is 49.3 Å². The Bertz CT molecular complexity index is 1220. The maximum absolute atomic E-state index is 13.0. The van der Waals surface area contributed by atoms with E-state index in [9.17, 15) is 13.2 Å². The number of aromatic nitrogens is 2. The van der Waals surface area contributed by atoms with Crippen molar-refractivity contribution in [1.82, 2.24) is 14.4 Å². The van der Waals surface area contributed by atoms with Crippen LogP contribution in [0.5, 0.6) is 0 Å². The molecule has 0 spiro atoms. The van der Waals surface area contributed by atoms with Crippen LogP contribution in [-0.2, 0) is 14.8 Å². The fourth-order valence-corrected chi connectivity index (χ4v) is 6.87. The highest BCUT2D eigenvalue weighted by Gasteiger charge is 2.35.